The molecule has 2 aromatic rings. The molecule has 2 aromatic carbocycles. The number of benzene rings is 2. The summed E-state index contributed by atoms with van der Waals surface area (Å²) in [6.45, 7) is 3.61. The smallest absolute Gasteiger partial charge is 0.346 e. The van der Waals surface area contributed by atoms with Crippen molar-refractivity contribution in [3.8, 4) is 5.75 Å². The zero-order valence-electron chi connectivity index (χ0n) is 14.9. The highest BCUT2D eigenvalue weighted by molar-refractivity contribution is 5.82. The van der Waals surface area contributed by atoms with Crippen LogP contribution in [0.25, 0.3) is 0 Å². The Morgan fingerprint density at radius 2 is 1.60 bits per heavy atom. The first-order valence-electron chi connectivity index (χ1n) is 8.09. The molecule has 0 unspecified atom stereocenters. The molecule has 0 spiro atoms. The van der Waals surface area contributed by atoms with Crippen molar-refractivity contribution >= 4 is 5.97 Å². The summed E-state index contributed by atoms with van der Waals surface area (Å²) in [7, 11) is 2.85. The third-order valence-electron chi connectivity index (χ3n) is 3.93. The van der Waals surface area contributed by atoms with Crippen LogP contribution in [-0.4, -0.2) is 31.4 Å². The maximum Gasteiger partial charge on any atom is 0.346 e. The lowest BCUT2D eigenvalue weighted by molar-refractivity contribution is -0.200. The molecular formula is C20H24O5. The van der Waals surface area contributed by atoms with Gasteiger partial charge in [0, 0.05) is 0 Å². The molecule has 2 atom stereocenters. The number of hydrogen-bond donors (Lipinski definition) is 1. The molecule has 0 radical (unpaired) electrons. The van der Waals surface area contributed by atoms with Gasteiger partial charge in [0.05, 0.1) is 20.3 Å². The summed E-state index contributed by atoms with van der Waals surface area (Å²) in [6, 6.07) is 15.7. The molecule has 0 heterocycles. The van der Waals surface area contributed by atoms with Gasteiger partial charge >= 0.3 is 5.97 Å². The predicted molar refractivity (Wildman–Crippen MR) is 94.3 cm³/mol. The largest absolute Gasteiger partial charge is 0.497 e. The van der Waals surface area contributed by atoms with Crippen LogP contribution in [0, 0.1) is 0 Å². The Kier molecular flexibility index (Phi) is 6.17. The number of rotatable bonds is 7. The molecule has 0 aromatic heterocycles. The van der Waals surface area contributed by atoms with Crippen molar-refractivity contribution in [1.82, 2.24) is 0 Å². The van der Waals surface area contributed by atoms with Crippen molar-refractivity contribution in [2.45, 2.75) is 31.7 Å². The molecule has 0 fully saturated rings. The average molecular weight is 344 g/mol. The Hall–Kier alpha value is -2.37. The minimum atomic E-state index is -1.67. The highest BCUT2D eigenvalue weighted by Crippen LogP contribution is 2.41. The van der Waals surface area contributed by atoms with E-state index < -0.39 is 17.7 Å². The average Bonchev–Trinajstić information content (AvgIpc) is 2.65. The number of esters is 1. The highest BCUT2D eigenvalue weighted by Gasteiger charge is 2.50. The summed E-state index contributed by atoms with van der Waals surface area (Å²) in [5.41, 5.74) is -0.617. The van der Waals surface area contributed by atoms with Gasteiger partial charge in [0.1, 0.15) is 11.9 Å². The van der Waals surface area contributed by atoms with E-state index in [0.717, 1.165) is 0 Å². The van der Waals surface area contributed by atoms with Crippen LogP contribution in [0.15, 0.2) is 54.6 Å². The molecule has 2 rings (SSSR count). The van der Waals surface area contributed by atoms with E-state index in [1.54, 1.807) is 69.5 Å². The van der Waals surface area contributed by atoms with E-state index in [9.17, 15) is 9.90 Å². The van der Waals surface area contributed by atoms with E-state index in [-0.39, 0.29) is 6.10 Å². The normalized spacial score (nSPS) is 14.6. The summed E-state index contributed by atoms with van der Waals surface area (Å²) in [5, 5.41) is 11.1. The highest BCUT2D eigenvalue weighted by atomic mass is 16.6. The second-order valence-electron chi connectivity index (χ2n) is 5.94. The zero-order chi connectivity index (χ0) is 18.4. The molecule has 0 saturated carbocycles. The van der Waals surface area contributed by atoms with E-state index in [0.29, 0.717) is 16.9 Å². The molecular weight excluding hydrogens is 320 g/mol. The van der Waals surface area contributed by atoms with Gasteiger partial charge in [-0.15, -0.1) is 0 Å². The van der Waals surface area contributed by atoms with Gasteiger partial charge in [-0.25, -0.2) is 4.79 Å². The van der Waals surface area contributed by atoms with Crippen molar-refractivity contribution < 1.29 is 24.1 Å². The Bertz CT molecular complexity index is 681. The third-order valence-corrected chi connectivity index (χ3v) is 3.93. The molecule has 0 aliphatic heterocycles. The van der Waals surface area contributed by atoms with Crippen LogP contribution >= 0.6 is 0 Å². The maximum absolute atomic E-state index is 12.8. The van der Waals surface area contributed by atoms with Crippen LogP contribution in [0.1, 0.15) is 31.1 Å². The fraction of sp³-hybridized carbons (Fsp3) is 0.350. The molecule has 0 amide bonds. The maximum atomic E-state index is 12.8. The van der Waals surface area contributed by atoms with E-state index in [2.05, 4.69) is 0 Å². The van der Waals surface area contributed by atoms with Gasteiger partial charge in [-0.1, -0.05) is 42.5 Å². The predicted octanol–water partition coefficient (Wildman–Crippen LogP) is 3.22. The minimum Gasteiger partial charge on any atom is -0.497 e. The van der Waals surface area contributed by atoms with Crippen LogP contribution in [0.5, 0.6) is 5.75 Å². The van der Waals surface area contributed by atoms with Crippen molar-refractivity contribution in [1.29, 1.82) is 0 Å². The van der Waals surface area contributed by atoms with Crippen LogP contribution in [0.3, 0.4) is 0 Å². The summed E-state index contributed by atoms with van der Waals surface area (Å²) in [6.07, 6.45) is -1.57. The molecule has 5 heteroatoms. The first-order chi connectivity index (χ1) is 12.0. The number of ether oxygens (including phenoxy) is 3. The first-order valence-corrected chi connectivity index (χ1v) is 8.09. The Morgan fingerprint density at radius 1 is 1.00 bits per heavy atom. The standard InChI is InChI=1S/C20H24O5/c1-14(2)25-20(19(22)24-4,16-8-6-5-7-9-16)18(21)15-10-12-17(23-3)13-11-15/h5-14,18,21H,1-4H3/t18-,20-/m0/s1. The molecule has 134 valence electrons. The van der Waals surface area contributed by atoms with Gasteiger partial charge in [0.15, 0.2) is 0 Å². The molecule has 0 saturated heterocycles. The van der Waals surface area contributed by atoms with Gasteiger partial charge in [-0.05, 0) is 37.1 Å². The number of methoxy groups -OCH3 is 2. The lowest BCUT2D eigenvalue weighted by atomic mass is 9.83. The number of carbonyl (C=O) groups is 1. The monoisotopic (exact) mass is 344 g/mol. The lowest BCUT2D eigenvalue weighted by Gasteiger charge is -2.37. The third kappa shape index (κ3) is 3.83. The summed E-state index contributed by atoms with van der Waals surface area (Å²) in [5.74, 6) is -0.000162. The van der Waals surface area contributed by atoms with Crippen LogP contribution < -0.4 is 4.74 Å². The summed E-state index contributed by atoms with van der Waals surface area (Å²) >= 11 is 0. The van der Waals surface area contributed by atoms with E-state index in [1.165, 1.54) is 7.11 Å². The second kappa shape index (κ2) is 8.14. The molecule has 0 aliphatic carbocycles. The SMILES string of the molecule is COC(=O)[C@](OC(C)C)(c1ccccc1)[C@@H](O)c1ccc(OC)cc1. The first kappa shape index (κ1) is 19.0. The molecule has 1 N–H and O–H groups in total. The quantitative estimate of drug-likeness (QED) is 0.781. The topological polar surface area (TPSA) is 65.0 Å². The number of aliphatic hydroxyl groups excluding tert-OH is 1. The zero-order valence-corrected chi connectivity index (χ0v) is 14.9. The number of hydrogen-bond acceptors (Lipinski definition) is 5. The van der Waals surface area contributed by atoms with Gasteiger partial charge in [-0.3, -0.25) is 0 Å². The molecule has 5 nitrogen and oxygen atoms in total. The Balaban J connectivity index is 2.60. The fourth-order valence-corrected chi connectivity index (χ4v) is 2.80. The number of aliphatic hydroxyl groups is 1. The van der Waals surface area contributed by atoms with Crippen molar-refractivity contribution in [2.24, 2.45) is 0 Å². The fourth-order valence-electron chi connectivity index (χ4n) is 2.80. The summed E-state index contributed by atoms with van der Waals surface area (Å²) < 4.78 is 16.2. The van der Waals surface area contributed by atoms with Crippen molar-refractivity contribution in [3.63, 3.8) is 0 Å². The van der Waals surface area contributed by atoms with Gasteiger partial charge in [0.25, 0.3) is 0 Å². The van der Waals surface area contributed by atoms with E-state index in [4.69, 9.17) is 14.2 Å². The van der Waals surface area contributed by atoms with Crippen LogP contribution in [0.4, 0.5) is 0 Å². The van der Waals surface area contributed by atoms with Crippen molar-refractivity contribution in [3.05, 3.63) is 65.7 Å². The minimum absolute atomic E-state index is 0.313. The van der Waals surface area contributed by atoms with Crippen LogP contribution in [0.2, 0.25) is 0 Å². The second-order valence-corrected chi connectivity index (χ2v) is 5.94. The van der Waals surface area contributed by atoms with Crippen molar-refractivity contribution in [2.75, 3.05) is 14.2 Å². The Labute approximate surface area is 148 Å². The molecule has 0 bridgehead atoms. The van der Waals surface area contributed by atoms with Gasteiger partial charge in [-0.2, -0.15) is 0 Å². The van der Waals surface area contributed by atoms with E-state index >= 15 is 0 Å². The molecule has 25 heavy (non-hydrogen) atoms. The Morgan fingerprint density at radius 3 is 2.08 bits per heavy atom. The van der Waals surface area contributed by atoms with Gasteiger partial charge < -0.3 is 19.3 Å². The van der Waals surface area contributed by atoms with Crippen LogP contribution in [-0.2, 0) is 19.9 Å². The number of carbonyl (C=O) groups excluding carboxylic acids is 1. The molecule has 0 aliphatic rings. The van der Waals surface area contributed by atoms with Gasteiger partial charge in [0.2, 0.25) is 5.60 Å². The lowest BCUT2D eigenvalue weighted by Crippen LogP contribution is -2.46. The summed E-state index contributed by atoms with van der Waals surface area (Å²) in [4.78, 5) is 12.8. The van der Waals surface area contributed by atoms with E-state index in [1.807, 2.05) is 6.07 Å².